The molecule has 34 heavy (non-hydrogen) atoms. The number of rotatable bonds is 6. The summed E-state index contributed by atoms with van der Waals surface area (Å²) in [5.41, 5.74) is 2.93. The number of aromatic hydroxyl groups is 1. The second kappa shape index (κ2) is 8.97. The van der Waals surface area contributed by atoms with Gasteiger partial charge in [-0.3, -0.25) is 4.79 Å². The predicted octanol–water partition coefficient (Wildman–Crippen LogP) is 5.71. The molecular weight excluding hydrogens is 426 g/mol. The number of hydrogen-bond acceptors (Lipinski definition) is 6. The molecule has 1 aromatic heterocycles. The Kier molecular flexibility index (Phi) is 6.21. The van der Waals surface area contributed by atoms with Crippen molar-refractivity contribution in [3.63, 3.8) is 0 Å². The van der Waals surface area contributed by atoms with Gasteiger partial charge in [0, 0.05) is 24.7 Å². The number of nitrogens with one attached hydrogen (secondary N) is 2. The normalized spacial score (nSPS) is 13.5. The number of fused-ring (bicyclic) bond motifs is 1. The topological polar surface area (TPSA) is 90.4 Å². The molecule has 7 nitrogen and oxygen atoms in total. The van der Waals surface area contributed by atoms with Crippen LogP contribution in [0, 0.1) is 5.41 Å². The fourth-order valence-corrected chi connectivity index (χ4v) is 4.73. The van der Waals surface area contributed by atoms with Gasteiger partial charge in [-0.25, -0.2) is 4.98 Å². The lowest BCUT2D eigenvalue weighted by atomic mass is 9.82. The molecule has 2 heterocycles. The molecule has 3 aromatic rings. The second-order valence-corrected chi connectivity index (χ2v) is 10.8. The third-order valence-corrected chi connectivity index (χ3v) is 5.66. The van der Waals surface area contributed by atoms with Gasteiger partial charge in [0.1, 0.15) is 17.3 Å². The van der Waals surface area contributed by atoms with Crippen LogP contribution in [0.15, 0.2) is 54.6 Å². The first-order valence-corrected chi connectivity index (χ1v) is 11.6. The molecule has 0 fully saturated rings. The Hall–Kier alpha value is -3.61. The van der Waals surface area contributed by atoms with Crippen molar-refractivity contribution in [2.75, 3.05) is 10.6 Å². The van der Waals surface area contributed by atoms with Gasteiger partial charge in [-0.1, -0.05) is 57.2 Å². The van der Waals surface area contributed by atoms with Crippen molar-refractivity contribution in [1.29, 1.82) is 0 Å². The van der Waals surface area contributed by atoms with E-state index in [1.165, 1.54) is 0 Å². The molecule has 4 rings (SSSR count). The highest BCUT2D eigenvalue weighted by Crippen LogP contribution is 2.31. The summed E-state index contributed by atoms with van der Waals surface area (Å²) in [4.78, 5) is 24.4. The average Bonchev–Trinajstić information content (AvgIpc) is 3.17. The van der Waals surface area contributed by atoms with Crippen LogP contribution >= 0.6 is 0 Å². The molecule has 3 N–H and O–H groups in total. The summed E-state index contributed by atoms with van der Waals surface area (Å²) in [6.45, 7) is 11.9. The molecule has 0 saturated carbocycles. The molecule has 0 unspecified atom stereocenters. The smallest absolute Gasteiger partial charge is 0.273 e. The number of para-hydroxylation sites is 2. The predicted molar refractivity (Wildman–Crippen MR) is 135 cm³/mol. The average molecular weight is 460 g/mol. The zero-order valence-corrected chi connectivity index (χ0v) is 20.5. The number of carbonyl (C=O) groups is 1. The van der Waals surface area contributed by atoms with Gasteiger partial charge in [-0.2, -0.15) is 4.98 Å². The maximum atomic E-state index is 13.5. The van der Waals surface area contributed by atoms with Gasteiger partial charge < -0.3 is 20.6 Å². The van der Waals surface area contributed by atoms with E-state index in [9.17, 15) is 9.90 Å². The number of phenolic OH excluding ortho intramolecular Hbond substituents is 1. The number of phenols is 1. The minimum absolute atomic E-state index is 0.0837. The summed E-state index contributed by atoms with van der Waals surface area (Å²) >= 11 is 0. The van der Waals surface area contributed by atoms with Crippen LogP contribution in [0.2, 0.25) is 0 Å². The minimum Gasteiger partial charge on any atom is -0.506 e. The number of aromatic nitrogens is 2. The van der Waals surface area contributed by atoms with Crippen molar-refractivity contribution in [3.8, 4) is 5.75 Å². The van der Waals surface area contributed by atoms with Crippen LogP contribution in [0.1, 0.15) is 62.7 Å². The van der Waals surface area contributed by atoms with Crippen LogP contribution in [0.4, 0.5) is 17.5 Å². The number of hydrogen-bond donors (Lipinski definition) is 3. The summed E-state index contributed by atoms with van der Waals surface area (Å²) in [6.07, 6.45) is 0.900. The van der Waals surface area contributed by atoms with E-state index in [1.54, 1.807) is 29.2 Å². The Bertz CT molecular complexity index is 1170. The molecule has 0 radical (unpaired) electrons. The molecule has 0 aliphatic carbocycles. The molecule has 1 aliphatic rings. The highest BCUT2D eigenvalue weighted by atomic mass is 16.3. The fourth-order valence-electron chi connectivity index (χ4n) is 4.73. The Labute approximate surface area is 201 Å². The Morgan fingerprint density at radius 2 is 1.59 bits per heavy atom. The van der Waals surface area contributed by atoms with Gasteiger partial charge in [-0.05, 0) is 48.9 Å². The number of benzene rings is 2. The first kappa shape index (κ1) is 23.5. The number of amides is 1. The van der Waals surface area contributed by atoms with E-state index < -0.39 is 0 Å². The third kappa shape index (κ3) is 5.65. The van der Waals surface area contributed by atoms with E-state index >= 15 is 0 Å². The highest BCUT2D eigenvalue weighted by Gasteiger charge is 2.28. The summed E-state index contributed by atoms with van der Waals surface area (Å²) in [6, 6.07) is 16.7. The molecule has 2 aromatic carbocycles. The first-order valence-electron chi connectivity index (χ1n) is 11.6. The van der Waals surface area contributed by atoms with Crippen LogP contribution in [0.25, 0.3) is 0 Å². The summed E-state index contributed by atoms with van der Waals surface area (Å²) in [5.74, 6) is 0.733. The number of nitrogens with zero attached hydrogens (tertiary/aromatic N) is 3. The maximum absolute atomic E-state index is 13.5. The van der Waals surface area contributed by atoms with Crippen molar-refractivity contribution < 1.29 is 9.90 Å². The second-order valence-electron chi connectivity index (χ2n) is 10.8. The third-order valence-electron chi connectivity index (χ3n) is 5.66. The number of carbonyl (C=O) groups excluding carboxylic acids is 1. The molecule has 0 saturated heterocycles. The molecule has 1 amide bonds. The maximum Gasteiger partial charge on any atom is 0.273 e. The lowest BCUT2D eigenvalue weighted by Gasteiger charge is -2.34. The Balaban J connectivity index is 1.65. The summed E-state index contributed by atoms with van der Waals surface area (Å²) in [5, 5.41) is 16.8. The van der Waals surface area contributed by atoms with Gasteiger partial charge >= 0.3 is 0 Å². The van der Waals surface area contributed by atoms with E-state index in [4.69, 9.17) is 0 Å². The van der Waals surface area contributed by atoms with Gasteiger partial charge in [0.25, 0.3) is 5.91 Å². The van der Waals surface area contributed by atoms with Crippen molar-refractivity contribution in [2.45, 2.75) is 59.7 Å². The first-order chi connectivity index (χ1) is 16.0. The minimum atomic E-state index is -0.261. The zero-order chi connectivity index (χ0) is 24.5. The Morgan fingerprint density at radius 1 is 0.971 bits per heavy atom. The van der Waals surface area contributed by atoms with E-state index in [0.717, 1.165) is 17.5 Å². The number of anilines is 3. The SMILES string of the molecule is CC(C)(C)CC(C)(C)Nc1cc(C(=O)N2Cc3ccccc3C2)nc(Nc2ccccc2O)n1. The van der Waals surface area contributed by atoms with Crippen molar-refractivity contribution in [3.05, 3.63) is 71.4 Å². The van der Waals surface area contributed by atoms with E-state index in [0.29, 0.717) is 30.3 Å². The van der Waals surface area contributed by atoms with Crippen LogP contribution in [0.5, 0.6) is 5.75 Å². The van der Waals surface area contributed by atoms with Gasteiger partial charge in [0.2, 0.25) is 5.95 Å². The summed E-state index contributed by atoms with van der Waals surface area (Å²) in [7, 11) is 0. The van der Waals surface area contributed by atoms with Gasteiger partial charge in [0.05, 0.1) is 5.69 Å². The van der Waals surface area contributed by atoms with Crippen LogP contribution in [-0.2, 0) is 13.1 Å². The standard InChI is InChI=1S/C27H33N5O2/c1-26(2,3)17-27(4,5)31-23-14-21(24(34)32-15-18-10-6-7-11-19(18)16-32)29-25(30-23)28-20-12-8-9-13-22(20)33/h6-14,33H,15-17H2,1-5H3,(H2,28,29,30,31). The van der Waals surface area contributed by atoms with Gasteiger partial charge in [-0.15, -0.1) is 0 Å². The molecule has 178 valence electrons. The lowest BCUT2D eigenvalue weighted by Crippen LogP contribution is -2.36. The lowest BCUT2D eigenvalue weighted by molar-refractivity contribution is 0.0745. The van der Waals surface area contributed by atoms with E-state index in [2.05, 4.69) is 67.4 Å². The van der Waals surface area contributed by atoms with Crippen LogP contribution in [-0.4, -0.2) is 31.4 Å². The quantitative estimate of drug-likeness (QED) is 0.409. The summed E-state index contributed by atoms with van der Waals surface area (Å²) < 4.78 is 0. The Morgan fingerprint density at radius 3 is 2.21 bits per heavy atom. The molecule has 0 atom stereocenters. The molecule has 0 bridgehead atoms. The van der Waals surface area contributed by atoms with E-state index in [1.807, 2.05) is 18.2 Å². The van der Waals surface area contributed by atoms with E-state index in [-0.39, 0.29) is 28.6 Å². The fraction of sp³-hybridized carbons (Fsp3) is 0.370. The molecular formula is C27H33N5O2. The molecule has 1 aliphatic heterocycles. The zero-order valence-electron chi connectivity index (χ0n) is 20.5. The molecule has 7 heteroatoms. The van der Waals surface area contributed by atoms with Crippen LogP contribution in [0.3, 0.4) is 0 Å². The van der Waals surface area contributed by atoms with Crippen molar-refractivity contribution >= 4 is 23.4 Å². The molecule has 0 spiro atoms. The van der Waals surface area contributed by atoms with Crippen molar-refractivity contribution in [2.24, 2.45) is 5.41 Å². The van der Waals surface area contributed by atoms with Crippen LogP contribution < -0.4 is 10.6 Å². The van der Waals surface area contributed by atoms with Crippen molar-refractivity contribution in [1.82, 2.24) is 14.9 Å². The highest BCUT2D eigenvalue weighted by molar-refractivity contribution is 5.93. The van der Waals surface area contributed by atoms with Gasteiger partial charge in [0.15, 0.2) is 0 Å². The largest absolute Gasteiger partial charge is 0.506 e. The monoisotopic (exact) mass is 459 g/mol.